The molecule has 0 bridgehead atoms. The summed E-state index contributed by atoms with van der Waals surface area (Å²) in [6, 6.07) is 9.37. The number of thiophene rings is 1. The first-order valence-electron chi connectivity index (χ1n) is 13.0. The number of carboxylic acid groups (broad SMARTS) is 1. The summed E-state index contributed by atoms with van der Waals surface area (Å²) in [6.45, 7) is 7.54. The van der Waals surface area contributed by atoms with E-state index in [2.05, 4.69) is 14.8 Å². The molecule has 1 atom stereocenters. The maximum atomic E-state index is 15.4. The number of imidazole rings is 1. The van der Waals surface area contributed by atoms with Crippen LogP contribution in [0.25, 0.3) is 26.4 Å². The lowest BCUT2D eigenvalue weighted by Crippen LogP contribution is -2.31. The van der Waals surface area contributed by atoms with E-state index < -0.39 is 41.7 Å². The fourth-order valence-electron chi connectivity index (χ4n) is 4.67. The van der Waals surface area contributed by atoms with Gasteiger partial charge in [0.15, 0.2) is 11.5 Å². The van der Waals surface area contributed by atoms with E-state index in [4.69, 9.17) is 16.0 Å². The van der Waals surface area contributed by atoms with Crippen LogP contribution in [0.3, 0.4) is 0 Å². The van der Waals surface area contributed by atoms with Gasteiger partial charge < -0.3 is 19.1 Å². The first kappa shape index (κ1) is 28.3. The van der Waals surface area contributed by atoms with Crippen LogP contribution in [-0.4, -0.2) is 38.3 Å². The van der Waals surface area contributed by atoms with Crippen LogP contribution in [0, 0.1) is 29.8 Å². The van der Waals surface area contributed by atoms with Crippen LogP contribution >= 0.6 is 11.3 Å². The second-order valence-corrected chi connectivity index (χ2v) is 10.8. The molecule has 1 fully saturated rings. The molecule has 8 nitrogen and oxygen atoms in total. The lowest BCUT2D eigenvalue weighted by molar-refractivity contribution is -0.0589. The van der Waals surface area contributed by atoms with Gasteiger partial charge in [0, 0.05) is 24.2 Å². The topological polar surface area (TPSA) is 90.8 Å². The van der Waals surface area contributed by atoms with Crippen molar-refractivity contribution in [3.05, 3.63) is 105 Å². The van der Waals surface area contributed by atoms with E-state index in [9.17, 15) is 18.7 Å². The number of fused-ring (bicyclic) bond motifs is 1. The first-order valence-corrected chi connectivity index (χ1v) is 13.8. The molecular formula is C30H20F4N4O4S. The van der Waals surface area contributed by atoms with Crippen LogP contribution in [-0.2, 0) is 24.3 Å². The molecule has 218 valence electrons. The molecule has 0 unspecified atom stereocenters. The van der Waals surface area contributed by atoms with Crippen molar-refractivity contribution in [2.24, 2.45) is 0 Å². The number of benzene rings is 2. The van der Waals surface area contributed by atoms with Crippen molar-refractivity contribution in [3.63, 3.8) is 0 Å². The minimum Gasteiger partial charge on any atom is -0.477 e. The third-order valence-corrected chi connectivity index (χ3v) is 8.03. The van der Waals surface area contributed by atoms with Crippen molar-refractivity contribution in [2.45, 2.75) is 32.1 Å². The molecule has 43 heavy (non-hydrogen) atoms. The summed E-state index contributed by atoms with van der Waals surface area (Å²) in [4.78, 5) is 23.7. The molecule has 6 rings (SSSR count). The van der Waals surface area contributed by atoms with Gasteiger partial charge in [0.1, 0.15) is 39.6 Å². The zero-order valence-electron chi connectivity index (χ0n) is 22.1. The van der Waals surface area contributed by atoms with Crippen LogP contribution < -0.4 is 4.74 Å². The van der Waals surface area contributed by atoms with Crippen LogP contribution in [0.4, 0.5) is 23.2 Å². The van der Waals surface area contributed by atoms with Crippen LogP contribution in [0.5, 0.6) is 5.88 Å². The lowest BCUT2D eigenvalue weighted by atomic mass is 10.0. The maximum Gasteiger partial charge on any atom is 0.346 e. The molecule has 1 N–H and O–H groups in total. The van der Waals surface area contributed by atoms with Gasteiger partial charge in [-0.3, -0.25) is 0 Å². The SMILES string of the molecule is [C-]#[N+]c1ccc(COc2nc(-c3cc(F)c(Cc4nc5sc(C(=O)O)cc5n4C[C@@H]4CCO4)cc3F)ccc2F)c(F)c1. The Hall–Kier alpha value is -4.80. The van der Waals surface area contributed by atoms with Gasteiger partial charge in [-0.25, -0.2) is 37.2 Å². The summed E-state index contributed by atoms with van der Waals surface area (Å²) < 4.78 is 72.0. The monoisotopic (exact) mass is 608 g/mol. The summed E-state index contributed by atoms with van der Waals surface area (Å²) in [5.74, 6) is -4.36. The maximum absolute atomic E-state index is 15.4. The number of aromatic carboxylic acids is 1. The minimum atomic E-state index is -1.08. The molecule has 1 saturated heterocycles. The number of carbonyl (C=O) groups is 1. The highest BCUT2D eigenvalue weighted by Crippen LogP contribution is 2.32. The number of carboxylic acids is 1. The molecule has 0 spiro atoms. The normalized spacial score (nSPS) is 14.4. The molecule has 2 aromatic carbocycles. The molecule has 0 aliphatic carbocycles. The van der Waals surface area contributed by atoms with Crippen molar-refractivity contribution < 1.29 is 36.9 Å². The van der Waals surface area contributed by atoms with Gasteiger partial charge >= 0.3 is 5.97 Å². The van der Waals surface area contributed by atoms with Gasteiger partial charge in [0.2, 0.25) is 0 Å². The zero-order valence-corrected chi connectivity index (χ0v) is 22.9. The van der Waals surface area contributed by atoms with E-state index in [0.717, 1.165) is 42.0 Å². The zero-order chi connectivity index (χ0) is 30.2. The summed E-state index contributed by atoms with van der Waals surface area (Å²) in [5, 5.41) is 9.37. The molecule has 3 aromatic heterocycles. The predicted molar refractivity (Wildman–Crippen MR) is 148 cm³/mol. The summed E-state index contributed by atoms with van der Waals surface area (Å²) in [7, 11) is 0. The fourth-order valence-corrected chi connectivity index (χ4v) is 5.56. The molecule has 0 radical (unpaired) electrons. The minimum absolute atomic E-state index is 0.00469. The van der Waals surface area contributed by atoms with E-state index >= 15 is 8.78 Å². The van der Waals surface area contributed by atoms with Crippen molar-refractivity contribution >= 4 is 33.3 Å². The van der Waals surface area contributed by atoms with Gasteiger partial charge in [-0.05, 0) is 48.4 Å². The van der Waals surface area contributed by atoms with Crippen LogP contribution in [0.15, 0.2) is 48.5 Å². The molecule has 5 aromatic rings. The van der Waals surface area contributed by atoms with Crippen molar-refractivity contribution in [1.82, 2.24) is 14.5 Å². The number of aromatic nitrogens is 3. The van der Waals surface area contributed by atoms with E-state index in [1.54, 1.807) is 4.57 Å². The highest BCUT2D eigenvalue weighted by molar-refractivity contribution is 7.20. The number of halogens is 4. The molecule has 0 amide bonds. The molecular weight excluding hydrogens is 588 g/mol. The van der Waals surface area contributed by atoms with Crippen molar-refractivity contribution in [1.29, 1.82) is 0 Å². The Kier molecular flexibility index (Phi) is 7.55. The van der Waals surface area contributed by atoms with E-state index in [1.165, 1.54) is 24.3 Å². The van der Waals surface area contributed by atoms with Crippen LogP contribution in [0.2, 0.25) is 0 Å². The Morgan fingerprint density at radius 3 is 2.53 bits per heavy atom. The fraction of sp³-hybridized carbons (Fsp3) is 0.200. The van der Waals surface area contributed by atoms with Crippen molar-refractivity contribution in [3.8, 4) is 17.1 Å². The number of ether oxygens (including phenoxy) is 2. The van der Waals surface area contributed by atoms with Gasteiger partial charge in [-0.15, -0.1) is 11.3 Å². The number of pyridine rings is 1. The Morgan fingerprint density at radius 2 is 1.84 bits per heavy atom. The number of nitrogens with zero attached hydrogens (tertiary/aromatic N) is 4. The second kappa shape index (κ2) is 11.5. The van der Waals surface area contributed by atoms with Gasteiger partial charge in [-0.1, -0.05) is 12.1 Å². The lowest BCUT2D eigenvalue weighted by Gasteiger charge is -2.27. The van der Waals surface area contributed by atoms with E-state index in [-0.39, 0.29) is 45.5 Å². The Labute approximate surface area is 245 Å². The van der Waals surface area contributed by atoms with E-state index in [1.807, 2.05) is 0 Å². The largest absolute Gasteiger partial charge is 0.477 e. The number of hydrogen-bond donors (Lipinski definition) is 1. The highest BCUT2D eigenvalue weighted by Gasteiger charge is 2.25. The van der Waals surface area contributed by atoms with Gasteiger partial charge in [0.25, 0.3) is 5.88 Å². The smallest absolute Gasteiger partial charge is 0.346 e. The summed E-state index contributed by atoms with van der Waals surface area (Å²) >= 11 is 0.995. The average molecular weight is 609 g/mol. The predicted octanol–water partition coefficient (Wildman–Crippen LogP) is 6.92. The molecule has 1 aliphatic heterocycles. The average Bonchev–Trinajstić information content (AvgIpc) is 3.51. The Morgan fingerprint density at radius 1 is 1.05 bits per heavy atom. The van der Waals surface area contributed by atoms with Crippen LogP contribution in [0.1, 0.15) is 33.0 Å². The molecule has 0 saturated carbocycles. The third-order valence-electron chi connectivity index (χ3n) is 7.02. The standard InChI is InChI=1S/C30H20F4N4O4S/c1-35-17-3-2-15(21(32)10-17)14-42-28-20(31)4-5-24(36-28)19-11-22(33)16(8-23(19)34)9-27-37-29-25(12-26(43-29)30(39)40)38(27)13-18-6-7-41-18/h2-5,8,10-12,18H,6-7,9,13-14H2,(H,39,40)/t18-/m0/s1. The molecule has 13 heteroatoms. The molecule has 1 aliphatic rings. The van der Waals surface area contributed by atoms with Gasteiger partial charge in [-0.2, -0.15) is 0 Å². The Balaban J connectivity index is 1.26. The quantitative estimate of drug-likeness (QED) is 0.144. The van der Waals surface area contributed by atoms with Gasteiger partial charge in [0.05, 0.1) is 30.4 Å². The number of hydrogen-bond acceptors (Lipinski definition) is 6. The Bertz CT molecular complexity index is 1930. The summed E-state index contributed by atoms with van der Waals surface area (Å²) in [5.41, 5.74) is 0.394. The second-order valence-electron chi connectivity index (χ2n) is 9.79. The number of rotatable bonds is 9. The first-order chi connectivity index (χ1) is 20.7. The third kappa shape index (κ3) is 5.67. The van der Waals surface area contributed by atoms with Crippen molar-refractivity contribution in [2.75, 3.05) is 6.61 Å². The highest BCUT2D eigenvalue weighted by atomic mass is 32.1. The molecule has 4 heterocycles. The van der Waals surface area contributed by atoms with E-state index in [0.29, 0.717) is 29.3 Å². The summed E-state index contributed by atoms with van der Waals surface area (Å²) in [6.07, 6.45) is 0.638.